The van der Waals surface area contributed by atoms with Gasteiger partial charge in [-0.15, -0.1) is 0 Å². The number of nitrogens with one attached hydrogen (secondary N) is 2. The fourth-order valence-electron chi connectivity index (χ4n) is 2.27. The molecule has 1 aliphatic rings. The summed E-state index contributed by atoms with van der Waals surface area (Å²) in [6, 6.07) is 0. The van der Waals surface area contributed by atoms with E-state index in [0.717, 1.165) is 45.7 Å². The Labute approximate surface area is 126 Å². The summed E-state index contributed by atoms with van der Waals surface area (Å²) in [6.45, 7) is 8.39. The molecule has 7 heteroatoms. The van der Waals surface area contributed by atoms with Crippen molar-refractivity contribution in [2.45, 2.75) is 26.7 Å². The molecule has 1 aromatic heterocycles. The third kappa shape index (κ3) is 4.42. The number of nitrogens with zero attached hydrogens (tertiary/aromatic N) is 4. The molecule has 0 saturated carbocycles. The first kappa shape index (κ1) is 15.8. The van der Waals surface area contributed by atoms with Crippen LogP contribution in [0.2, 0.25) is 0 Å². The first-order valence-corrected chi connectivity index (χ1v) is 7.77. The maximum atomic E-state index is 5.37. The van der Waals surface area contributed by atoms with E-state index in [1.165, 1.54) is 0 Å². The Morgan fingerprint density at radius 2 is 1.76 bits per heavy atom. The van der Waals surface area contributed by atoms with Gasteiger partial charge < -0.3 is 20.3 Å². The topological polar surface area (TPSA) is 75.2 Å². The highest BCUT2D eigenvalue weighted by atomic mass is 16.5. The van der Waals surface area contributed by atoms with E-state index in [2.05, 4.69) is 44.3 Å². The minimum atomic E-state index is 0.596. The zero-order valence-corrected chi connectivity index (χ0v) is 13.2. The van der Waals surface area contributed by atoms with E-state index in [0.29, 0.717) is 23.8 Å². The van der Waals surface area contributed by atoms with Crippen LogP contribution < -0.4 is 15.5 Å². The lowest BCUT2D eigenvalue weighted by atomic mass is 10.0. The van der Waals surface area contributed by atoms with Crippen molar-refractivity contribution in [3.63, 3.8) is 0 Å². The van der Waals surface area contributed by atoms with Gasteiger partial charge in [0.2, 0.25) is 17.8 Å². The molecule has 118 valence electrons. The SMILES string of the molecule is CCC(CC)CNc1nc(NC)nc(N2CCOCC2)n1. The number of ether oxygens (including phenoxy) is 1. The first-order chi connectivity index (χ1) is 10.3. The number of morpholine rings is 1. The molecule has 0 amide bonds. The minimum absolute atomic E-state index is 0.596. The summed E-state index contributed by atoms with van der Waals surface area (Å²) >= 11 is 0. The number of hydrogen-bond acceptors (Lipinski definition) is 7. The van der Waals surface area contributed by atoms with Crippen molar-refractivity contribution in [2.24, 2.45) is 5.92 Å². The van der Waals surface area contributed by atoms with Gasteiger partial charge in [-0.05, 0) is 5.92 Å². The van der Waals surface area contributed by atoms with Crippen LogP contribution in [0, 0.1) is 5.92 Å². The van der Waals surface area contributed by atoms with Gasteiger partial charge in [-0.1, -0.05) is 26.7 Å². The van der Waals surface area contributed by atoms with Crippen molar-refractivity contribution >= 4 is 17.8 Å². The molecule has 0 aliphatic carbocycles. The van der Waals surface area contributed by atoms with Gasteiger partial charge in [0.25, 0.3) is 0 Å². The molecule has 0 aromatic carbocycles. The van der Waals surface area contributed by atoms with Crippen LogP contribution in [-0.2, 0) is 4.74 Å². The fourth-order valence-corrected chi connectivity index (χ4v) is 2.27. The lowest BCUT2D eigenvalue weighted by Crippen LogP contribution is -2.37. The molecule has 2 N–H and O–H groups in total. The fraction of sp³-hybridized carbons (Fsp3) is 0.786. The molecule has 1 aliphatic heterocycles. The van der Waals surface area contributed by atoms with Crippen LogP contribution in [0.25, 0.3) is 0 Å². The second-order valence-electron chi connectivity index (χ2n) is 5.20. The first-order valence-electron chi connectivity index (χ1n) is 7.77. The van der Waals surface area contributed by atoms with Crippen LogP contribution in [0.4, 0.5) is 17.8 Å². The third-order valence-corrected chi connectivity index (χ3v) is 3.84. The van der Waals surface area contributed by atoms with Gasteiger partial charge in [0.1, 0.15) is 0 Å². The summed E-state index contributed by atoms with van der Waals surface area (Å²) < 4.78 is 5.37. The summed E-state index contributed by atoms with van der Waals surface area (Å²) in [5.41, 5.74) is 0. The molecule has 1 aromatic rings. The summed E-state index contributed by atoms with van der Waals surface area (Å²) in [5.74, 6) is 2.60. The molecule has 0 unspecified atom stereocenters. The quantitative estimate of drug-likeness (QED) is 0.791. The van der Waals surface area contributed by atoms with Crippen LogP contribution >= 0.6 is 0 Å². The van der Waals surface area contributed by atoms with E-state index >= 15 is 0 Å². The second kappa shape index (κ2) is 7.97. The molecule has 21 heavy (non-hydrogen) atoms. The summed E-state index contributed by atoms with van der Waals surface area (Å²) in [7, 11) is 1.82. The highest BCUT2D eigenvalue weighted by Crippen LogP contribution is 2.16. The second-order valence-corrected chi connectivity index (χ2v) is 5.20. The van der Waals surface area contributed by atoms with Crippen LogP contribution in [-0.4, -0.2) is 54.8 Å². The molecular weight excluding hydrogens is 268 g/mol. The maximum absolute atomic E-state index is 5.37. The average Bonchev–Trinajstić information content (AvgIpc) is 2.56. The lowest BCUT2D eigenvalue weighted by Gasteiger charge is -2.27. The Balaban J connectivity index is 2.09. The predicted molar refractivity (Wildman–Crippen MR) is 85.0 cm³/mol. The standard InChI is InChI=1S/C14H26N6O/c1-4-11(5-2)10-16-13-17-12(15-3)18-14(19-13)20-6-8-21-9-7-20/h11H,4-10H2,1-3H3,(H2,15,16,17,18,19). The Bertz CT molecular complexity index is 431. The Hall–Kier alpha value is -1.63. The molecular formula is C14H26N6O. The van der Waals surface area contributed by atoms with Crippen LogP contribution in [0.15, 0.2) is 0 Å². The van der Waals surface area contributed by atoms with Crippen LogP contribution in [0.5, 0.6) is 0 Å². The van der Waals surface area contributed by atoms with E-state index in [9.17, 15) is 0 Å². The van der Waals surface area contributed by atoms with Crippen LogP contribution in [0.1, 0.15) is 26.7 Å². The molecule has 0 bridgehead atoms. The third-order valence-electron chi connectivity index (χ3n) is 3.84. The van der Waals surface area contributed by atoms with Crippen molar-refractivity contribution < 1.29 is 4.74 Å². The lowest BCUT2D eigenvalue weighted by molar-refractivity contribution is 0.122. The minimum Gasteiger partial charge on any atom is -0.378 e. The van der Waals surface area contributed by atoms with Gasteiger partial charge in [0.05, 0.1) is 13.2 Å². The Morgan fingerprint density at radius 1 is 1.10 bits per heavy atom. The number of aromatic nitrogens is 3. The number of rotatable bonds is 7. The summed E-state index contributed by atoms with van der Waals surface area (Å²) in [5, 5.41) is 6.34. The average molecular weight is 294 g/mol. The largest absolute Gasteiger partial charge is 0.378 e. The van der Waals surface area contributed by atoms with Gasteiger partial charge in [-0.2, -0.15) is 15.0 Å². The molecule has 0 atom stereocenters. The van der Waals surface area contributed by atoms with Crippen molar-refractivity contribution in [3.8, 4) is 0 Å². The number of hydrogen-bond donors (Lipinski definition) is 2. The molecule has 1 saturated heterocycles. The molecule has 1 fully saturated rings. The zero-order valence-electron chi connectivity index (χ0n) is 13.2. The van der Waals surface area contributed by atoms with E-state index in [-0.39, 0.29) is 0 Å². The normalized spacial score (nSPS) is 15.3. The van der Waals surface area contributed by atoms with Gasteiger partial charge in [-0.25, -0.2) is 0 Å². The predicted octanol–water partition coefficient (Wildman–Crippen LogP) is 1.60. The maximum Gasteiger partial charge on any atom is 0.232 e. The van der Waals surface area contributed by atoms with E-state index in [4.69, 9.17) is 4.74 Å². The van der Waals surface area contributed by atoms with E-state index in [1.807, 2.05) is 7.05 Å². The van der Waals surface area contributed by atoms with Crippen molar-refractivity contribution in [1.29, 1.82) is 0 Å². The zero-order chi connectivity index (χ0) is 15.1. The van der Waals surface area contributed by atoms with Crippen LogP contribution in [0.3, 0.4) is 0 Å². The smallest absolute Gasteiger partial charge is 0.232 e. The highest BCUT2D eigenvalue weighted by molar-refractivity contribution is 5.43. The van der Waals surface area contributed by atoms with E-state index < -0.39 is 0 Å². The van der Waals surface area contributed by atoms with Gasteiger partial charge in [0.15, 0.2) is 0 Å². The summed E-state index contributed by atoms with van der Waals surface area (Å²) in [6.07, 6.45) is 2.31. The molecule has 7 nitrogen and oxygen atoms in total. The highest BCUT2D eigenvalue weighted by Gasteiger charge is 2.16. The van der Waals surface area contributed by atoms with Gasteiger partial charge in [0, 0.05) is 26.7 Å². The van der Waals surface area contributed by atoms with Crippen molar-refractivity contribution in [3.05, 3.63) is 0 Å². The Kier molecular flexibility index (Phi) is 5.98. The molecule has 0 radical (unpaired) electrons. The monoisotopic (exact) mass is 294 g/mol. The number of anilines is 3. The van der Waals surface area contributed by atoms with Crippen molar-refractivity contribution in [2.75, 3.05) is 55.4 Å². The van der Waals surface area contributed by atoms with Crippen molar-refractivity contribution in [1.82, 2.24) is 15.0 Å². The molecule has 2 rings (SSSR count). The van der Waals surface area contributed by atoms with Gasteiger partial charge >= 0.3 is 0 Å². The van der Waals surface area contributed by atoms with Gasteiger partial charge in [-0.3, -0.25) is 0 Å². The Morgan fingerprint density at radius 3 is 2.38 bits per heavy atom. The summed E-state index contributed by atoms with van der Waals surface area (Å²) in [4.78, 5) is 15.5. The molecule has 2 heterocycles. The van der Waals surface area contributed by atoms with E-state index in [1.54, 1.807) is 0 Å². The molecule has 0 spiro atoms.